The fourth-order valence-electron chi connectivity index (χ4n) is 3.32. The second-order valence-corrected chi connectivity index (χ2v) is 7.17. The normalized spacial score (nSPS) is 11.9. The monoisotopic (exact) mass is 402 g/mol. The number of alkyl halides is 1. The van der Waals surface area contributed by atoms with Crippen molar-refractivity contribution in [1.82, 2.24) is 9.55 Å². The zero-order valence-electron chi connectivity index (χ0n) is 15.6. The molecular weight excluding hydrogens is 387 g/mol. The third-order valence-electron chi connectivity index (χ3n) is 4.89. The van der Waals surface area contributed by atoms with Gasteiger partial charge in [0.15, 0.2) is 6.17 Å². The summed E-state index contributed by atoms with van der Waals surface area (Å²) >= 11 is 5.90. The fourth-order valence-corrected chi connectivity index (χ4v) is 3.45. The molecule has 4 rings (SSSR count). The number of aromatic nitrogens is 2. The molecule has 0 fully saturated rings. The van der Waals surface area contributed by atoms with Crippen molar-refractivity contribution in [3.8, 4) is 23.5 Å². The standard InChI is InChI=1S/C24H16ClFN2O/c1-3-15-5-4-6-17(11-15)20-13-22(29)28(2)24-21(20)12-18(14-27-24)23(26)16-7-9-19(25)10-8-16/h1,4-14,23H,2H3. The quantitative estimate of drug-likeness (QED) is 0.436. The molecule has 0 aliphatic rings. The molecule has 142 valence electrons. The van der Waals surface area contributed by atoms with Crippen molar-refractivity contribution in [3.05, 3.63) is 98.9 Å². The highest BCUT2D eigenvalue weighted by molar-refractivity contribution is 6.30. The number of nitrogens with zero attached hydrogens (tertiary/aromatic N) is 2. The van der Waals surface area contributed by atoms with Gasteiger partial charge < -0.3 is 0 Å². The van der Waals surface area contributed by atoms with Crippen LogP contribution in [0.3, 0.4) is 0 Å². The van der Waals surface area contributed by atoms with Crippen LogP contribution in [0.1, 0.15) is 22.9 Å². The Morgan fingerprint density at radius 1 is 1.10 bits per heavy atom. The molecule has 1 atom stereocenters. The molecule has 2 heterocycles. The van der Waals surface area contributed by atoms with E-state index in [1.54, 1.807) is 37.4 Å². The molecule has 0 aliphatic carbocycles. The zero-order valence-corrected chi connectivity index (χ0v) is 16.3. The molecule has 1 unspecified atom stereocenters. The van der Waals surface area contributed by atoms with E-state index >= 15 is 4.39 Å². The Labute approximate surface area is 172 Å². The molecule has 0 N–H and O–H groups in total. The molecule has 0 amide bonds. The molecule has 0 spiro atoms. The highest BCUT2D eigenvalue weighted by Gasteiger charge is 2.17. The predicted molar refractivity (Wildman–Crippen MR) is 115 cm³/mol. The topological polar surface area (TPSA) is 34.9 Å². The van der Waals surface area contributed by atoms with Gasteiger partial charge in [0.25, 0.3) is 5.56 Å². The van der Waals surface area contributed by atoms with Gasteiger partial charge >= 0.3 is 0 Å². The number of rotatable bonds is 3. The highest BCUT2D eigenvalue weighted by Crippen LogP contribution is 2.32. The lowest BCUT2D eigenvalue weighted by Crippen LogP contribution is -2.17. The van der Waals surface area contributed by atoms with Crippen molar-refractivity contribution in [2.75, 3.05) is 0 Å². The van der Waals surface area contributed by atoms with E-state index in [1.807, 2.05) is 24.3 Å². The van der Waals surface area contributed by atoms with Crippen molar-refractivity contribution in [1.29, 1.82) is 0 Å². The first kappa shape index (κ1) is 18.9. The van der Waals surface area contributed by atoms with Crippen LogP contribution in [0.25, 0.3) is 22.2 Å². The van der Waals surface area contributed by atoms with Gasteiger partial charge in [0.2, 0.25) is 0 Å². The molecule has 0 radical (unpaired) electrons. The smallest absolute Gasteiger partial charge is 0.252 e. The Bertz CT molecular complexity index is 1320. The maximum Gasteiger partial charge on any atom is 0.252 e. The van der Waals surface area contributed by atoms with E-state index in [4.69, 9.17) is 18.0 Å². The van der Waals surface area contributed by atoms with Gasteiger partial charge in [-0.05, 0) is 47.0 Å². The third-order valence-corrected chi connectivity index (χ3v) is 5.14. The van der Waals surface area contributed by atoms with Crippen LogP contribution in [0.15, 0.2) is 71.7 Å². The summed E-state index contributed by atoms with van der Waals surface area (Å²) in [6.07, 6.45) is 5.61. The largest absolute Gasteiger partial charge is 0.296 e. The van der Waals surface area contributed by atoms with E-state index in [2.05, 4.69) is 10.9 Å². The Hall–Kier alpha value is -3.42. The van der Waals surface area contributed by atoms with Crippen LogP contribution >= 0.6 is 11.6 Å². The zero-order chi connectivity index (χ0) is 20.5. The molecular formula is C24H16ClFN2O. The summed E-state index contributed by atoms with van der Waals surface area (Å²) in [5.41, 5.74) is 3.30. The first-order valence-corrected chi connectivity index (χ1v) is 9.32. The summed E-state index contributed by atoms with van der Waals surface area (Å²) in [6.45, 7) is 0. The van der Waals surface area contributed by atoms with E-state index in [0.717, 1.165) is 5.56 Å². The maximum absolute atomic E-state index is 15.2. The van der Waals surface area contributed by atoms with Crippen molar-refractivity contribution >= 4 is 22.6 Å². The molecule has 0 aliphatic heterocycles. The Balaban J connectivity index is 1.93. The van der Waals surface area contributed by atoms with Gasteiger partial charge in [0.05, 0.1) is 0 Å². The fraction of sp³-hybridized carbons (Fsp3) is 0.0833. The van der Waals surface area contributed by atoms with E-state index < -0.39 is 6.17 Å². The van der Waals surface area contributed by atoms with Crippen molar-refractivity contribution in [3.63, 3.8) is 0 Å². The number of hydrogen-bond donors (Lipinski definition) is 0. The lowest BCUT2D eigenvalue weighted by Gasteiger charge is -2.14. The van der Waals surface area contributed by atoms with Crippen molar-refractivity contribution < 1.29 is 4.39 Å². The van der Waals surface area contributed by atoms with E-state index in [0.29, 0.717) is 38.3 Å². The molecule has 0 saturated heterocycles. The van der Waals surface area contributed by atoms with Gasteiger partial charge in [0.1, 0.15) is 5.65 Å². The predicted octanol–water partition coefficient (Wildman–Crippen LogP) is 5.29. The number of hydrogen-bond acceptors (Lipinski definition) is 2. The average Bonchev–Trinajstić information content (AvgIpc) is 2.76. The van der Waals surface area contributed by atoms with Crippen LogP contribution in [-0.4, -0.2) is 9.55 Å². The van der Waals surface area contributed by atoms with E-state index in [9.17, 15) is 4.79 Å². The molecule has 0 saturated carbocycles. The molecule has 29 heavy (non-hydrogen) atoms. The van der Waals surface area contributed by atoms with Gasteiger partial charge in [0, 0.05) is 40.8 Å². The minimum absolute atomic E-state index is 0.201. The van der Waals surface area contributed by atoms with Crippen LogP contribution < -0.4 is 5.56 Å². The van der Waals surface area contributed by atoms with Gasteiger partial charge in [-0.2, -0.15) is 0 Å². The summed E-state index contributed by atoms with van der Waals surface area (Å²) in [5, 5.41) is 1.22. The first-order valence-electron chi connectivity index (χ1n) is 8.94. The minimum atomic E-state index is -1.37. The first-order chi connectivity index (χ1) is 14.0. The van der Waals surface area contributed by atoms with Gasteiger partial charge in [-0.25, -0.2) is 9.37 Å². The number of aryl methyl sites for hydroxylation is 1. The van der Waals surface area contributed by atoms with Crippen molar-refractivity contribution in [2.24, 2.45) is 7.05 Å². The third kappa shape index (κ3) is 3.53. The summed E-state index contributed by atoms with van der Waals surface area (Å²) < 4.78 is 16.6. The van der Waals surface area contributed by atoms with E-state index in [1.165, 1.54) is 16.8 Å². The van der Waals surface area contributed by atoms with Crippen LogP contribution in [0.5, 0.6) is 0 Å². The SMILES string of the molecule is C#Cc1cccc(-c2cc(=O)n(C)c3ncc(C(F)c4ccc(Cl)cc4)cc23)c1. The average molecular weight is 403 g/mol. The number of pyridine rings is 2. The van der Waals surface area contributed by atoms with Crippen LogP contribution in [0.2, 0.25) is 5.02 Å². The molecule has 2 aromatic carbocycles. The molecule has 4 aromatic rings. The highest BCUT2D eigenvalue weighted by atomic mass is 35.5. The minimum Gasteiger partial charge on any atom is -0.296 e. The summed E-state index contributed by atoms with van der Waals surface area (Å²) in [4.78, 5) is 16.8. The van der Waals surface area contributed by atoms with Gasteiger partial charge in [-0.1, -0.05) is 41.8 Å². The molecule has 3 nitrogen and oxygen atoms in total. The lowest BCUT2D eigenvalue weighted by molar-refractivity contribution is 0.401. The number of benzene rings is 2. The summed E-state index contributed by atoms with van der Waals surface area (Å²) in [7, 11) is 1.64. The number of halogens is 2. The Morgan fingerprint density at radius 2 is 1.86 bits per heavy atom. The second-order valence-electron chi connectivity index (χ2n) is 6.73. The van der Waals surface area contributed by atoms with Gasteiger partial charge in [-0.3, -0.25) is 9.36 Å². The Kier molecular flexibility index (Phi) is 4.92. The van der Waals surface area contributed by atoms with Crippen molar-refractivity contribution in [2.45, 2.75) is 6.17 Å². The second kappa shape index (κ2) is 7.54. The molecule has 0 bridgehead atoms. The summed E-state index contributed by atoms with van der Waals surface area (Å²) in [6, 6.07) is 17.2. The Morgan fingerprint density at radius 3 is 2.59 bits per heavy atom. The number of terminal acetylenes is 1. The number of fused-ring (bicyclic) bond motifs is 1. The summed E-state index contributed by atoms with van der Waals surface area (Å²) in [5.74, 6) is 2.60. The molecule has 2 aromatic heterocycles. The van der Waals surface area contributed by atoms with E-state index in [-0.39, 0.29) is 5.56 Å². The lowest BCUT2D eigenvalue weighted by atomic mass is 9.98. The van der Waals surface area contributed by atoms with Crippen LogP contribution in [0, 0.1) is 12.3 Å². The van der Waals surface area contributed by atoms with Gasteiger partial charge in [-0.15, -0.1) is 6.42 Å². The van der Waals surface area contributed by atoms with Crippen LogP contribution in [-0.2, 0) is 7.05 Å². The maximum atomic E-state index is 15.2. The molecule has 5 heteroatoms. The van der Waals surface area contributed by atoms with Crippen LogP contribution in [0.4, 0.5) is 4.39 Å².